The van der Waals surface area contributed by atoms with Gasteiger partial charge in [0.05, 0.1) is 0 Å². The Labute approximate surface area is 143 Å². The third kappa shape index (κ3) is 4.10. The summed E-state index contributed by atoms with van der Waals surface area (Å²) >= 11 is 0. The molecule has 5 heteroatoms. The number of hydrogen-bond donors (Lipinski definition) is 1. The van der Waals surface area contributed by atoms with Gasteiger partial charge in [-0.15, -0.1) is 10.2 Å². The predicted octanol–water partition coefficient (Wildman–Crippen LogP) is 3.67. The second kappa shape index (κ2) is 7.90. The smallest absolute Gasteiger partial charge is 0.274 e. The molecule has 126 valence electrons. The molecule has 1 N–H and O–H groups in total. The van der Waals surface area contributed by atoms with Crippen LogP contribution in [0.4, 0.5) is 5.82 Å². The maximum atomic E-state index is 12.5. The highest BCUT2D eigenvalue weighted by Gasteiger charge is 2.19. The van der Waals surface area contributed by atoms with E-state index in [1.54, 1.807) is 6.07 Å². The number of nitrogens with zero attached hydrogens (tertiary/aromatic N) is 3. The number of aromatic nitrogens is 2. The summed E-state index contributed by atoms with van der Waals surface area (Å²) in [6.07, 6.45) is 4.56. The van der Waals surface area contributed by atoms with Gasteiger partial charge in [0.15, 0.2) is 5.69 Å². The summed E-state index contributed by atoms with van der Waals surface area (Å²) in [6.45, 7) is 3.73. The van der Waals surface area contributed by atoms with Crippen LogP contribution < -0.4 is 5.32 Å². The Morgan fingerprint density at radius 3 is 2.33 bits per heavy atom. The molecule has 1 aromatic carbocycles. The number of anilines is 1. The Bertz CT molecular complexity index is 649. The number of likely N-dealkylation sites (tertiary alicyclic amines) is 1. The predicted molar refractivity (Wildman–Crippen MR) is 94.9 cm³/mol. The first kappa shape index (κ1) is 16.4. The lowest BCUT2D eigenvalue weighted by molar-refractivity contribution is 0.0754. The van der Waals surface area contributed by atoms with Gasteiger partial charge in [0.1, 0.15) is 5.82 Å². The van der Waals surface area contributed by atoms with E-state index >= 15 is 0 Å². The molecule has 2 heterocycles. The molecule has 1 unspecified atom stereocenters. The number of carbonyl (C=O) groups is 1. The van der Waals surface area contributed by atoms with Gasteiger partial charge in [-0.25, -0.2) is 0 Å². The zero-order valence-corrected chi connectivity index (χ0v) is 14.1. The van der Waals surface area contributed by atoms with Gasteiger partial charge in [-0.3, -0.25) is 4.79 Å². The Balaban J connectivity index is 1.63. The quantitative estimate of drug-likeness (QED) is 0.932. The molecular formula is C19H24N4O. The molecule has 0 spiro atoms. The molecule has 2 aromatic rings. The lowest BCUT2D eigenvalue weighted by atomic mass is 10.1. The molecule has 24 heavy (non-hydrogen) atoms. The van der Waals surface area contributed by atoms with Gasteiger partial charge in [0.2, 0.25) is 0 Å². The van der Waals surface area contributed by atoms with Crippen LogP contribution in [0.5, 0.6) is 0 Å². The van der Waals surface area contributed by atoms with Crippen LogP contribution >= 0.6 is 0 Å². The van der Waals surface area contributed by atoms with Crippen molar-refractivity contribution in [3.8, 4) is 0 Å². The zero-order valence-electron chi connectivity index (χ0n) is 14.1. The van der Waals surface area contributed by atoms with Gasteiger partial charge < -0.3 is 10.2 Å². The maximum absolute atomic E-state index is 12.5. The van der Waals surface area contributed by atoms with Crippen LogP contribution in [-0.2, 0) is 0 Å². The molecule has 0 saturated carbocycles. The summed E-state index contributed by atoms with van der Waals surface area (Å²) in [5.74, 6) is 0.672. The van der Waals surface area contributed by atoms with Gasteiger partial charge in [-0.2, -0.15) is 0 Å². The first-order valence-corrected chi connectivity index (χ1v) is 8.68. The van der Waals surface area contributed by atoms with Crippen molar-refractivity contribution in [1.29, 1.82) is 0 Å². The first-order chi connectivity index (χ1) is 11.7. The highest BCUT2D eigenvalue weighted by Crippen LogP contribution is 2.17. The Morgan fingerprint density at radius 2 is 1.71 bits per heavy atom. The molecule has 3 rings (SSSR count). The highest BCUT2D eigenvalue weighted by molar-refractivity contribution is 5.92. The molecule has 1 aliphatic rings. The Hall–Kier alpha value is -2.43. The standard InChI is InChI=1S/C19H24N4O/c1-15(16-9-5-4-6-10-16)20-18-12-11-17(21-22-18)19(24)23-13-7-2-3-8-14-23/h4-6,9-12,15H,2-3,7-8,13-14H2,1H3,(H,20,22). The molecule has 0 radical (unpaired) electrons. The van der Waals surface area contributed by atoms with Crippen LogP contribution in [0.1, 0.15) is 54.7 Å². The minimum atomic E-state index is -0.00735. The van der Waals surface area contributed by atoms with Crippen LogP contribution in [0, 0.1) is 0 Å². The van der Waals surface area contributed by atoms with E-state index in [1.807, 2.05) is 29.2 Å². The van der Waals surface area contributed by atoms with Gasteiger partial charge in [-0.05, 0) is 37.5 Å². The number of nitrogens with one attached hydrogen (secondary N) is 1. The zero-order chi connectivity index (χ0) is 16.8. The number of hydrogen-bond acceptors (Lipinski definition) is 4. The van der Waals surface area contributed by atoms with Crippen molar-refractivity contribution in [3.63, 3.8) is 0 Å². The fourth-order valence-corrected chi connectivity index (χ4v) is 3.01. The van der Waals surface area contributed by atoms with E-state index < -0.39 is 0 Å². The summed E-state index contributed by atoms with van der Waals surface area (Å²) in [6, 6.07) is 13.9. The van der Waals surface area contributed by atoms with E-state index in [2.05, 4.69) is 34.6 Å². The molecular weight excluding hydrogens is 300 g/mol. The maximum Gasteiger partial charge on any atom is 0.274 e. The van der Waals surface area contributed by atoms with E-state index in [1.165, 1.54) is 18.4 Å². The van der Waals surface area contributed by atoms with Gasteiger partial charge >= 0.3 is 0 Å². The summed E-state index contributed by atoms with van der Waals surface area (Å²) in [5, 5.41) is 11.6. The van der Waals surface area contributed by atoms with Crippen LogP contribution in [0.2, 0.25) is 0 Å². The van der Waals surface area contributed by atoms with Crippen LogP contribution in [0.3, 0.4) is 0 Å². The second-order valence-electron chi connectivity index (χ2n) is 6.29. The average Bonchev–Trinajstić information content (AvgIpc) is 2.92. The fraction of sp³-hybridized carbons (Fsp3) is 0.421. The summed E-state index contributed by atoms with van der Waals surface area (Å²) in [5.41, 5.74) is 1.61. The van der Waals surface area contributed by atoms with Crippen molar-refractivity contribution >= 4 is 11.7 Å². The molecule has 0 bridgehead atoms. The lowest BCUT2D eigenvalue weighted by Crippen LogP contribution is -2.32. The van der Waals surface area contributed by atoms with Crippen molar-refractivity contribution in [2.45, 2.75) is 38.6 Å². The van der Waals surface area contributed by atoms with Crippen molar-refractivity contribution in [3.05, 3.63) is 53.7 Å². The van der Waals surface area contributed by atoms with Crippen molar-refractivity contribution < 1.29 is 4.79 Å². The summed E-state index contributed by atoms with van der Waals surface area (Å²) < 4.78 is 0. The normalized spacial score (nSPS) is 16.3. The van der Waals surface area contributed by atoms with Crippen LogP contribution in [0.25, 0.3) is 0 Å². The van der Waals surface area contributed by atoms with E-state index in [-0.39, 0.29) is 11.9 Å². The van der Waals surface area contributed by atoms with Crippen LogP contribution in [0.15, 0.2) is 42.5 Å². The van der Waals surface area contributed by atoms with Gasteiger partial charge in [-0.1, -0.05) is 43.2 Å². The van der Waals surface area contributed by atoms with E-state index in [4.69, 9.17) is 0 Å². The monoisotopic (exact) mass is 324 g/mol. The SMILES string of the molecule is CC(Nc1ccc(C(=O)N2CCCCCC2)nn1)c1ccccc1. The molecule has 1 atom stereocenters. The lowest BCUT2D eigenvalue weighted by Gasteiger charge is -2.19. The number of carbonyl (C=O) groups excluding carboxylic acids is 1. The number of amides is 1. The molecule has 0 aliphatic carbocycles. The van der Waals surface area contributed by atoms with Gasteiger partial charge in [0, 0.05) is 19.1 Å². The molecule has 1 amide bonds. The molecule has 1 aliphatic heterocycles. The minimum Gasteiger partial charge on any atom is -0.362 e. The topological polar surface area (TPSA) is 58.1 Å². The average molecular weight is 324 g/mol. The van der Waals surface area contributed by atoms with E-state index in [9.17, 15) is 4.79 Å². The number of rotatable bonds is 4. The van der Waals surface area contributed by atoms with Crippen molar-refractivity contribution in [1.82, 2.24) is 15.1 Å². The van der Waals surface area contributed by atoms with Crippen molar-refractivity contribution in [2.75, 3.05) is 18.4 Å². The van der Waals surface area contributed by atoms with Crippen molar-refractivity contribution in [2.24, 2.45) is 0 Å². The van der Waals surface area contributed by atoms with E-state index in [0.29, 0.717) is 11.5 Å². The largest absolute Gasteiger partial charge is 0.362 e. The molecule has 1 aromatic heterocycles. The van der Waals surface area contributed by atoms with E-state index in [0.717, 1.165) is 25.9 Å². The molecule has 1 fully saturated rings. The Kier molecular flexibility index (Phi) is 5.41. The fourth-order valence-electron chi connectivity index (χ4n) is 3.01. The summed E-state index contributed by atoms with van der Waals surface area (Å²) in [4.78, 5) is 14.4. The Morgan fingerprint density at radius 1 is 1.00 bits per heavy atom. The third-order valence-electron chi connectivity index (χ3n) is 4.44. The molecule has 5 nitrogen and oxygen atoms in total. The number of benzene rings is 1. The summed E-state index contributed by atoms with van der Waals surface area (Å²) in [7, 11) is 0. The van der Waals surface area contributed by atoms with Gasteiger partial charge in [0.25, 0.3) is 5.91 Å². The second-order valence-corrected chi connectivity index (χ2v) is 6.29. The minimum absolute atomic E-state index is 0.00735. The third-order valence-corrected chi connectivity index (χ3v) is 4.44. The first-order valence-electron chi connectivity index (χ1n) is 8.68. The van der Waals surface area contributed by atoms with Crippen LogP contribution in [-0.4, -0.2) is 34.1 Å². The highest BCUT2D eigenvalue weighted by atomic mass is 16.2. The molecule has 1 saturated heterocycles.